The molecule has 0 bridgehead atoms. The Morgan fingerprint density at radius 1 is 0.470 bits per heavy atom. The summed E-state index contributed by atoms with van der Waals surface area (Å²) in [5, 5.41) is 4.46. The van der Waals surface area contributed by atoms with Crippen LogP contribution in [0.3, 0.4) is 0 Å². The van der Waals surface area contributed by atoms with Crippen molar-refractivity contribution in [3.63, 3.8) is 0 Å². The number of benzene rings is 11. The minimum Gasteiger partial charge on any atom is -0.510 e. The number of nitrogens with zero attached hydrogens (tertiary/aromatic N) is 5. The molecule has 0 N–H and O–H groups in total. The molecular weight excluding hydrogens is 1190 g/mol. The number of aromatic nitrogens is 5. The van der Waals surface area contributed by atoms with Gasteiger partial charge in [-0.25, -0.2) is 4.98 Å². The molecular formula is C76H51N5OPt-2. The van der Waals surface area contributed by atoms with Gasteiger partial charge in [0.2, 0.25) is 0 Å². The molecule has 5 heterocycles. The Labute approximate surface area is 502 Å². The van der Waals surface area contributed by atoms with Gasteiger partial charge in [-0.3, -0.25) is 4.57 Å². The average molecular weight is 1250 g/mol. The monoisotopic (exact) mass is 1250 g/mol. The number of pyridine rings is 1. The van der Waals surface area contributed by atoms with Gasteiger partial charge < -0.3 is 18.4 Å². The van der Waals surface area contributed by atoms with E-state index < -0.39 is 18.1 Å². The number of para-hydroxylation sites is 5. The van der Waals surface area contributed by atoms with E-state index in [-0.39, 0.29) is 44.1 Å². The molecule has 0 saturated carbocycles. The maximum absolute atomic E-state index is 9.21. The van der Waals surface area contributed by atoms with Gasteiger partial charge in [0.05, 0.1) is 40.3 Å². The second-order valence-corrected chi connectivity index (χ2v) is 22.0. The molecule has 4 aromatic heterocycles. The van der Waals surface area contributed by atoms with E-state index in [2.05, 4.69) is 223 Å². The predicted molar refractivity (Wildman–Crippen MR) is 334 cm³/mol. The first-order chi connectivity index (χ1) is 42.4. The molecule has 7 heteroatoms. The summed E-state index contributed by atoms with van der Waals surface area (Å²) in [6.07, 6.45) is 5.68. The molecule has 398 valence electrons. The molecule has 11 aromatic carbocycles. The van der Waals surface area contributed by atoms with Crippen LogP contribution in [0.15, 0.2) is 255 Å². The van der Waals surface area contributed by atoms with Crippen LogP contribution in [0.25, 0.3) is 133 Å². The predicted octanol–water partition coefficient (Wildman–Crippen LogP) is 18.6. The smallest absolute Gasteiger partial charge is 0.268 e. The van der Waals surface area contributed by atoms with Crippen molar-refractivity contribution in [2.75, 3.05) is 0 Å². The van der Waals surface area contributed by atoms with Crippen LogP contribution in [0.1, 0.15) is 33.2 Å². The standard InChI is InChI=1S/C76H51N5O.Pt/c1-76(2,3)52-41-42-77-74(45-52)81-70-33-16-12-28-62(70)63-40-37-55(47-73(63)81)82-54-22-17-21-53(46-54)78-48-79-72-44-50(49-19-5-4-6-20-49)35-39-64(72)66-43-51(36-38-59(66)57-24-7-8-25-58(57)65-29-18-34-71(78)75(65)79)56-23-9-13-30-67(56)80-68-31-14-10-26-60(68)61-27-11-15-32-69(61)80;/h4-45H,1-3H3;/q-2;/i4D,5D,6D,19D,20D;. The van der Waals surface area contributed by atoms with E-state index in [1.807, 2.05) is 59.3 Å². The molecule has 0 unspecified atom stereocenters. The van der Waals surface area contributed by atoms with Crippen LogP contribution < -0.4 is 9.30 Å². The molecule has 0 saturated heterocycles. The van der Waals surface area contributed by atoms with Crippen LogP contribution in [0.5, 0.6) is 11.5 Å². The Morgan fingerprint density at radius 3 is 1.83 bits per heavy atom. The Morgan fingerprint density at radius 2 is 1.07 bits per heavy atom. The number of hydrogen-bond acceptors (Lipinski definition) is 2. The fourth-order valence-corrected chi connectivity index (χ4v) is 12.4. The zero-order valence-electron chi connectivity index (χ0n) is 50.3. The third kappa shape index (κ3) is 8.19. The summed E-state index contributed by atoms with van der Waals surface area (Å²) in [6.45, 7) is 6.61. The number of fused-ring (bicyclic) bond motifs is 13. The third-order valence-electron chi connectivity index (χ3n) is 16.2. The molecule has 15 aromatic rings. The van der Waals surface area contributed by atoms with Gasteiger partial charge in [0, 0.05) is 60.6 Å². The van der Waals surface area contributed by atoms with Crippen LogP contribution >= 0.6 is 0 Å². The van der Waals surface area contributed by atoms with Crippen molar-refractivity contribution in [1.82, 2.24) is 18.7 Å². The quantitative estimate of drug-likeness (QED) is 0.118. The van der Waals surface area contributed by atoms with Crippen molar-refractivity contribution in [2.45, 2.75) is 26.2 Å². The summed E-state index contributed by atoms with van der Waals surface area (Å²) in [6, 6.07) is 80.8. The molecule has 6 nitrogen and oxygen atoms in total. The summed E-state index contributed by atoms with van der Waals surface area (Å²) in [5.41, 5.74) is 17.5. The Kier molecular flexibility index (Phi) is 10.6. The average Bonchev–Trinajstić information content (AvgIpc) is 1.65. The number of rotatable bonds is 7. The Balaban J connectivity index is 0.00000650. The van der Waals surface area contributed by atoms with Gasteiger partial charge in [-0.1, -0.05) is 196 Å². The van der Waals surface area contributed by atoms with E-state index in [0.717, 1.165) is 99.9 Å². The molecule has 0 amide bonds. The fourth-order valence-electron chi connectivity index (χ4n) is 12.4. The van der Waals surface area contributed by atoms with E-state index >= 15 is 0 Å². The number of ether oxygens (including phenoxy) is 1. The molecule has 0 aliphatic carbocycles. The molecule has 0 radical (unpaired) electrons. The summed E-state index contributed by atoms with van der Waals surface area (Å²) in [5.74, 6) is 1.77. The van der Waals surface area contributed by atoms with Crippen LogP contribution in [-0.2, 0) is 26.5 Å². The van der Waals surface area contributed by atoms with Crippen molar-refractivity contribution in [2.24, 2.45) is 0 Å². The molecule has 0 spiro atoms. The van der Waals surface area contributed by atoms with Gasteiger partial charge in [-0.15, -0.1) is 29.7 Å². The van der Waals surface area contributed by atoms with Gasteiger partial charge in [-0.05, 0) is 121 Å². The maximum Gasteiger partial charge on any atom is 0.268 e. The molecule has 1 aliphatic rings. The molecule has 0 fully saturated rings. The number of imidazole rings is 1. The van der Waals surface area contributed by atoms with Gasteiger partial charge in [0.25, 0.3) is 6.33 Å². The maximum atomic E-state index is 9.21. The normalized spacial score (nSPS) is 12.8. The summed E-state index contributed by atoms with van der Waals surface area (Å²) in [4.78, 5) is 4.88. The van der Waals surface area contributed by atoms with E-state index in [1.165, 1.54) is 16.3 Å². The summed E-state index contributed by atoms with van der Waals surface area (Å²) < 4.78 is 59.8. The Hall–Kier alpha value is -9.87. The largest absolute Gasteiger partial charge is 0.510 e. The zero-order chi connectivity index (χ0) is 59.0. The minimum absolute atomic E-state index is 0. The molecule has 0 atom stereocenters. The van der Waals surface area contributed by atoms with Gasteiger partial charge >= 0.3 is 0 Å². The van der Waals surface area contributed by atoms with Gasteiger partial charge in [0.15, 0.2) is 0 Å². The van der Waals surface area contributed by atoms with E-state index in [4.69, 9.17) is 13.8 Å². The zero-order valence-corrected chi connectivity index (χ0v) is 47.6. The first-order valence-electron chi connectivity index (χ1n) is 30.0. The second-order valence-electron chi connectivity index (χ2n) is 22.0. The van der Waals surface area contributed by atoms with Crippen LogP contribution in [-0.4, -0.2) is 18.7 Å². The van der Waals surface area contributed by atoms with Crippen molar-refractivity contribution in [3.05, 3.63) is 279 Å². The molecule has 83 heavy (non-hydrogen) atoms. The molecule has 16 rings (SSSR count). The van der Waals surface area contributed by atoms with Gasteiger partial charge in [0.1, 0.15) is 5.82 Å². The molecule has 1 aliphatic heterocycles. The van der Waals surface area contributed by atoms with Gasteiger partial charge in [-0.2, -0.15) is 18.2 Å². The topological polar surface area (TPSA) is 40.8 Å². The number of hydrogen-bond donors (Lipinski definition) is 0. The fraction of sp³-hybridized carbons (Fsp3) is 0.0526. The van der Waals surface area contributed by atoms with E-state index in [1.54, 1.807) is 0 Å². The SMILES string of the molecule is [2H]c1c([2H])c([2H])c(-c2ccc3c(c2)-[n+]2[c-]n(-c4[c-]c(Oc5[c-]c6c(cc5)c5ccccc5n6-c5cc(C(C)(C)C)ccn5)ccc4)c4cccc(c42)-c2ccccc2-c2ccc(-c4ccccc4-n4c5ccccc5c5ccccc54)cc2-3)c([2H])c1[2H].[Pt]. The summed E-state index contributed by atoms with van der Waals surface area (Å²) >= 11 is 0. The van der Waals surface area contributed by atoms with Crippen molar-refractivity contribution in [1.29, 1.82) is 0 Å². The van der Waals surface area contributed by atoms with Crippen molar-refractivity contribution < 1.29 is 37.2 Å². The Bertz CT molecular complexity index is 5320. The first-order valence-corrected chi connectivity index (χ1v) is 27.5. The minimum atomic E-state index is -0.449. The second kappa shape index (κ2) is 19.7. The van der Waals surface area contributed by atoms with Crippen molar-refractivity contribution in [3.8, 4) is 90.0 Å². The van der Waals surface area contributed by atoms with E-state index in [9.17, 15) is 2.74 Å². The van der Waals surface area contributed by atoms with Crippen LogP contribution in [0.4, 0.5) is 0 Å². The van der Waals surface area contributed by atoms with Crippen molar-refractivity contribution >= 4 is 54.6 Å². The first kappa shape index (κ1) is 44.8. The van der Waals surface area contributed by atoms with Crippen LogP contribution in [0.2, 0.25) is 0 Å². The third-order valence-corrected chi connectivity index (χ3v) is 16.2. The summed E-state index contributed by atoms with van der Waals surface area (Å²) in [7, 11) is 0. The van der Waals surface area contributed by atoms with Crippen LogP contribution in [0, 0.1) is 18.5 Å². The van der Waals surface area contributed by atoms with E-state index in [0.29, 0.717) is 28.4 Å².